The third-order valence-electron chi connectivity index (χ3n) is 4.83. The summed E-state index contributed by atoms with van der Waals surface area (Å²) < 4.78 is 15.5. The Labute approximate surface area is 200 Å². The Kier molecular flexibility index (Phi) is 8.12. The third kappa shape index (κ3) is 6.20. The fourth-order valence-corrected chi connectivity index (χ4v) is 3.12. The number of amides is 1. The number of carbonyl (C=O) groups is 3. The Hall–Kier alpha value is -4.73. The maximum Gasteiger partial charge on any atom is 0.345 e. The van der Waals surface area contributed by atoms with Gasteiger partial charge >= 0.3 is 5.97 Å². The number of methoxy groups -OCH3 is 1. The van der Waals surface area contributed by atoms with Crippen LogP contribution in [0.2, 0.25) is 0 Å². The highest BCUT2D eigenvalue weighted by Crippen LogP contribution is 2.35. The van der Waals surface area contributed by atoms with Crippen molar-refractivity contribution in [1.29, 1.82) is 0 Å². The van der Waals surface area contributed by atoms with E-state index in [0.717, 1.165) is 12.1 Å². The summed E-state index contributed by atoms with van der Waals surface area (Å²) in [7, 11) is 1.33. The number of rotatable bonds is 10. The van der Waals surface area contributed by atoms with Gasteiger partial charge in [0.15, 0.2) is 23.9 Å². The van der Waals surface area contributed by atoms with Crippen molar-refractivity contribution in [2.24, 2.45) is 0 Å². The first-order valence-electron chi connectivity index (χ1n) is 10.5. The molecule has 0 radical (unpaired) electrons. The van der Waals surface area contributed by atoms with Crippen LogP contribution in [0.4, 0.5) is 11.4 Å². The van der Waals surface area contributed by atoms with Gasteiger partial charge in [-0.1, -0.05) is 18.2 Å². The van der Waals surface area contributed by atoms with E-state index in [1.807, 2.05) is 0 Å². The number of Topliss-reactive ketones (excluding diaryl/α,β-unsaturated/α-hetero) is 1. The van der Waals surface area contributed by atoms with Crippen LogP contribution >= 0.6 is 0 Å². The van der Waals surface area contributed by atoms with Crippen LogP contribution in [-0.2, 0) is 4.74 Å². The van der Waals surface area contributed by atoms with Gasteiger partial charge in [-0.05, 0) is 43.3 Å². The molecule has 3 rings (SSSR count). The molecule has 0 spiro atoms. The van der Waals surface area contributed by atoms with Crippen LogP contribution in [0.5, 0.6) is 11.5 Å². The van der Waals surface area contributed by atoms with Gasteiger partial charge < -0.3 is 19.5 Å². The van der Waals surface area contributed by atoms with Gasteiger partial charge in [-0.15, -0.1) is 0 Å². The van der Waals surface area contributed by atoms with Crippen molar-refractivity contribution < 1.29 is 33.5 Å². The molecule has 1 amide bonds. The minimum absolute atomic E-state index is 0.105. The molecule has 0 aliphatic carbocycles. The fraction of sp³-hybridized carbons (Fsp3) is 0.160. The van der Waals surface area contributed by atoms with Crippen LogP contribution in [-0.4, -0.2) is 42.9 Å². The summed E-state index contributed by atoms with van der Waals surface area (Å²) >= 11 is 0. The van der Waals surface area contributed by atoms with E-state index >= 15 is 0 Å². The molecule has 0 saturated carbocycles. The van der Waals surface area contributed by atoms with Gasteiger partial charge in [-0.25, -0.2) is 4.79 Å². The number of ketones is 1. The summed E-state index contributed by atoms with van der Waals surface area (Å²) in [4.78, 5) is 47.9. The highest BCUT2D eigenvalue weighted by Gasteiger charge is 2.26. The molecule has 3 aromatic rings. The first kappa shape index (κ1) is 24.9. The van der Waals surface area contributed by atoms with Crippen molar-refractivity contribution in [3.8, 4) is 11.5 Å². The van der Waals surface area contributed by atoms with Crippen molar-refractivity contribution >= 4 is 29.0 Å². The average molecular weight is 478 g/mol. The summed E-state index contributed by atoms with van der Waals surface area (Å²) in [5.41, 5.74) is 0.283. The molecule has 0 atom stereocenters. The van der Waals surface area contributed by atoms with Gasteiger partial charge in [0.25, 0.3) is 11.6 Å². The molecule has 0 bridgehead atoms. The van der Waals surface area contributed by atoms with Gasteiger partial charge in [0.2, 0.25) is 0 Å². The standard InChI is InChI=1S/C25H22N2O8/c1-3-34-23-14-20(27(31)32)19(13-22(23)33-2)25(30)35-15-21(28)16-9-11-18(12-10-16)26-24(29)17-7-5-4-6-8-17/h4-14H,3,15H2,1-2H3,(H,26,29). The van der Waals surface area contributed by atoms with E-state index in [9.17, 15) is 24.5 Å². The number of hydrogen-bond donors (Lipinski definition) is 1. The molecule has 0 saturated heterocycles. The Morgan fingerprint density at radius 1 is 0.943 bits per heavy atom. The first-order valence-corrected chi connectivity index (χ1v) is 10.5. The largest absolute Gasteiger partial charge is 0.493 e. The Balaban J connectivity index is 1.66. The Bertz CT molecular complexity index is 1240. The van der Waals surface area contributed by atoms with Gasteiger partial charge in [0, 0.05) is 22.9 Å². The molecule has 0 fully saturated rings. The van der Waals surface area contributed by atoms with Gasteiger partial charge in [-0.2, -0.15) is 0 Å². The van der Waals surface area contributed by atoms with Gasteiger partial charge in [0.05, 0.1) is 24.7 Å². The molecule has 0 unspecified atom stereocenters. The molecule has 10 nitrogen and oxygen atoms in total. The van der Waals surface area contributed by atoms with Crippen molar-refractivity contribution in [3.05, 3.63) is 93.5 Å². The zero-order valence-corrected chi connectivity index (χ0v) is 19.0. The van der Waals surface area contributed by atoms with Crippen LogP contribution < -0.4 is 14.8 Å². The maximum atomic E-state index is 12.5. The molecule has 0 aliphatic heterocycles. The summed E-state index contributed by atoms with van der Waals surface area (Å²) in [6.45, 7) is 1.30. The summed E-state index contributed by atoms with van der Waals surface area (Å²) in [6.07, 6.45) is 0. The molecule has 0 aromatic heterocycles. The minimum Gasteiger partial charge on any atom is -0.493 e. The smallest absolute Gasteiger partial charge is 0.345 e. The minimum atomic E-state index is -1.06. The third-order valence-corrected chi connectivity index (χ3v) is 4.83. The Morgan fingerprint density at radius 3 is 2.23 bits per heavy atom. The van der Waals surface area contributed by atoms with Crippen LogP contribution in [0.1, 0.15) is 38.0 Å². The number of hydrogen-bond acceptors (Lipinski definition) is 8. The normalized spacial score (nSPS) is 10.2. The fourth-order valence-electron chi connectivity index (χ4n) is 3.12. The number of esters is 1. The number of carbonyl (C=O) groups excluding carboxylic acids is 3. The highest BCUT2D eigenvalue weighted by atomic mass is 16.6. The predicted molar refractivity (Wildman–Crippen MR) is 126 cm³/mol. The van der Waals surface area contributed by atoms with Crippen molar-refractivity contribution in [3.63, 3.8) is 0 Å². The van der Waals surface area contributed by atoms with E-state index in [-0.39, 0.29) is 35.1 Å². The number of nitrogens with one attached hydrogen (secondary N) is 1. The number of ether oxygens (including phenoxy) is 3. The molecule has 35 heavy (non-hydrogen) atoms. The highest BCUT2D eigenvalue weighted by molar-refractivity contribution is 6.05. The van der Waals surface area contributed by atoms with Crippen molar-refractivity contribution in [1.82, 2.24) is 0 Å². The average Bonchev–Trinajstić information content (AvgIpc) is 2.87. The Morgan fingerprint density at radius 2 is 1.63 bits per heavy atom. The summed E-state index contributed by atoms with van der Waals surface area (Å²) in [5, 5.41) is 14.2. The molecular formula is C25H22N2O8. The van der Waals surface area contributed by atoms with Crippen LogP contribution in [0.3, 0.4) is 0 Å². The number of nitrogens with zero attached hydrogens (tertiary/aromatic N) is 1. The SMILES string of the molecule is CCOc1cc([N+](=O)[O-])c(C(=O)OCC(=O)c2ccc(NC(=O)c3ccccc3)cc2)cc1OC. The predicted octanol–water partition coefficient (Wildman–Crippen LogP) is 4.29. The molecule has 1 N–H and O–H groups in total. The van der Waals surface area contributed by atoms with Crippen LogP contribution in [0.15, 0.2) is 66.7 Å². The van der Waals surface area contributed by atoms with E-state index in [1.54, 1.807) is 37.3 Å². The van der Waals surface area contributed by atoms with E-state index in [1.165, 1.54) is 31.4 Å². The zero-order chi connectivity index (χ0) is 25.4. The first-order chi connectivity index (χ1) is 16.8. The number of anilines is 1. The van der Waals surface area contributed by atoms with E-state index in [4.69, 9.17) is 14.2 Å². The second-order valence-corrected chi connectivity index (χ2v) is 7.11. The molecule has 0 aliphatic rings. The molecule has 3 aromatic carbocycles. The van der Waals surface area contributed by atoms with Crippen LogP contribution in [0, 0.1) is 10.1 Å². The van der Waals surface area contributed by atoms with Gasteiger partial charge in [-0.3, -0.25) is 19.7 Å². The lowest BCUT2D eigenvalue weighted by Crippen LogP contribution is -2.16. The molecule has 10 heteroatoms. The monoisotopic (exact) mass is 478 g/mol. The number of benzene rings is 3. The zero-order valence-electron chi connectivity index (χ0n) is 19.0. The summed E-state index contributed by atoms with van der Waals surface area (Å²) in [5.74, 6) is -1.67. The van der Waals surface area contributed by atoms with Crippen molar-refractivity contribution in [2.45, 2.75) is 6.92 Å². The topological polar surface area (TPSA) is 134 Å². The lowest BCUT2D eigenvalue weighted by atomic mass is 10.1. The molecule has 180 valence electrons. The quantitative estimate of drug-likeness (QED) is 0.197. The van der Waals surface area contributed by atoms with E-state index in [2.05, 4.69) is 5.32 Å². The van der Waals surface area contributed by atoms with Crippen molar-refractivity contribution in [2.75, 3.05) is 25.6 Å². The summed E-state index contributed by atoms with van der Waals surface area (Å²) in [6, 6.07) is 16.9. The molecular weight excluding hydrogens is 456 g/mol. The second kappa shape index (κ2) is 11.4. The van der Waals surface area contributed by atoms with E-state index < -0.39 is 29.0 Å². The molecule has 0 heterocycles. The van der Waals surface area contributed by atoms with Gasteiger partial charge in [0.1, 0.15) is 5.56 Å². The lowest BCUT2D eigenvalue weighted by molar-refractivity contribution is -0.385. The number of nitro benzene ring substituents is 1. The second-order valence-electron chi connectivity index (χ2n) is 7.11. The van der Waals surface area contributed by atoms with E-state index in [0.29, 0.717) is 11.3 Å². The maximum absolute atomic E-state index is 12.5. The lowest BCUT2D eigenvalue weighted by Gasteiger charge is -2.11. The number of nitro groups is 1. The van der Waals surface area contributed by atoms with Crippen LogP contribution in [0.25, 0.3) is 0 Å².